The topological polar surface area (TPSA) is 9.23 Å². The van der Waals surface area contributed by atoms with Gasteiger partial charge in [0.1, 0.15) is 5.75 Å². The lowest BCUT2D eigenvalue weighted by molar-refractivity contribution is 0.414. The standard InChI is InChI=1S/C9H11OS/c1-10-9-4-2-8(3-5-9)6-7-11/h2-5H,6-7H2,1H3. The van der Waals surface area contributed by atoms with Crippen molar-refractivity contribution in [1.82, 2.24) is 0 Å². The summed E-state index contributed by atoms with van der Waals surface area (Å²) in [6.07, 6.45) is 0.972. The zero-order chi connectivity index (χ0) is 8.10. The summed E-state index contributed by atoms with van der Waals surface area (Å²) in [5.41, 5.74) is 1.28. The van der Waals surface area contributed by atoms with Crippen LogP contribution in [0.1, 0.15) is 5.56 Å². The smallest absolute Gasteiger partial charge is 0.118 e. The summed E-state index contributed by atoms with van der Waals surface area (Å²) >= 11 is 4.86. The molecule has 0 saturated carbocycles. The molecule has 1 aromatic rings. The van der Waals surface area contributed by atoms with Gasteiger partial charge in [0.2, 0.25) is 0 Å². The third-order valence-corrected chi connectivity index (χ3v) is 1.75. The quantitative estimate of drug-likeness (QED) is 0.672. The maximum atomic E-state index is 5.02. The van der Waals surface area contributed by atoms with E-state index in [0.29, 0.717) is 0 Å². The maximum absolute atomic E-state index is 5.02. The van der Waals surface area contributed by atoms with E-state index in [4.69, 9.17) is 17.4 Å². The van der Waals surface area contributed by atoms with E-state index >= 15 is 0 Å². The van der Waals surface area contributed by atoms with Crippen molar-refractivity contribution in [1.29, 1.82) is 0 Å². The van der Waals surface area contributed by atoms with Crippen LogP contribution in [0.3, 0.4) is 0 Å². The first-order chi connectivity index (χ1) is 5.36. The number of hydrogen-bond donors (Lipinski definition) is 0. The SMILES string of the molecule is COc1ccc(CC[S])cc1. The highest BCUT2D eigenvalue weighted by molar-refractivity contribution is 7.80. The lowest BCUT2D eigenvalue weighted by Crippen LogP contribution is -1.86. The first kappa shape index (κ1) is 8.47. The zero-order valence-electron chi connectivity index (χ0n) is 6.54. The Bertz CT molecular complexity index is 205. The third-order valence-electron chi connectivity index (χ3n) is 1.55. The second-order valence-electron chi connectivity index (χ2n) is 2.30. The average Bonchev–Trinajstić information content (AvgIpc) is 2.07. The summed E-state index contributed by atoms with van der Waals surface area (Å²) in [5, 5.41) is 0. The average molecular weight is 167 g/mol. The van der Waals surface area contributed by atoms with Crippen LogP contribution >= 0.6 is 12.6 Å². The van der Waals surface area contributed by atoms with E-state index in [1.54, 1.807) is 7.11 Å². The van der Waals surface area contributed by atoms with Crippen molar-refractivity contribution in [2.75, 3.05) is 12.9 Å². The van der Waals surface area contributed by atoms with Gasteiger partial charge in [-0.05, 0) is 24.1 Å². The van der Waals surface area contributed by atoms with Gasteiger partial charge >= 0.3 is 0 Å². The van der Waals surface area contributed by atoms with Crippen molar-refractivity contribution in [3.05, 3.63) is 29.8 Å². The van der Waals surface area contributed by atoms with Crippen molar-refractivity contribution < 1.29 is 4.74 Å². The number of methoxy groups -OCH3 is 1. The van der Waals surface area contributed by atoms with E-state index in [1.807, 2.05) is 24.3 Å². The number of ether oxygens (including phenoxy) is 1. The molecule has 1 rings (SSSR count). The molecule has 0 aromatic heterocycles. The Morgan fingerprint density at radius 3 is 2.36 bits per heavy atom. The molecular formula is C9H11OS. The summed E-state index contributed by atoms with van der Waals surface area (Å²) in [4.78, 5) is 0. The fourth-order valence-electron chi connectivity index (χ4n) is 0.910. The molecule has 59 valence electrons. The lowest BCUT2D eigenvalue weighted by Gasteiger charge is -2.00. The van der Waals surface area contributed by atoms with Gasteiger partial charge in [-0.1, -0.05) is 24.8 Å². The minimum atomic E-state index is 0.784. The van der Waals surface area contributed by atoms with E-state index in [9.17, 15) is 0 Å². The molecule has 1 aromatic carbocycles. The minimum Gasteiger partial charge on any atom is -0.497 e. The highest BCUT2D eigenvalue weighted by Crippen LogP contribution is 2.11. The zero-order valence-corrected chi connectivity index (χ0v) is 7.36. The molecule has 0 heterocycles. The molecule has 0 fully saturated rings. The normalized spacial score (nSPS) is 9.64. The van der Waals surface area contributed by atoms with Crippen LogP contribution in [0.5, 0.6) is 5.75 Å². The molecule has 1 radical (unpaired) electrons. The van der Waals surface area contributed by atoms with Crippen molar-refractivity contribution in [2.45, 2.75) is 6.42 Å². The van der Waals surface area contributed by atoms with E-state index in [1.165, 1.54) is 5.56 Å². The van der Waals surface area contributed by atoms with Gasteiger partial charge in [-0.2, -0.15) is 0 Å². The molecule has 0 amide bonds. The summed E-state index contributed by atoms with van der Waals surface area (Å²) < 4.78 is 5.02. The van der Waals surface area contributed by atoms with Gasteiger partial charge in [-0.25, -0.2) is 0 Å². The van der Waals surface area contributed by atoms with Crippen molar-refractivity contribution >= 4 is 12.6 Å². The predicted molar refractivity (Wildman–Crippen MR) is 49.2 cm³/mol. The van der Waals surface area contributed by atoms with Gasteiger partial charge in [0.05, 0.1) is 7.11 Å². The number of aryl methyl sites for hydroxylation is 1. The molecule has 1 nitrogen and oxygen atoms in total. The highest BCUT2D eigenvalue weighted by Gasteiger charge is 1.91. The Morgan fingerprint density at radius 2 is 1.91 bits per heavy atom. The van der Waals surface area contributed by atoms with Crippen LogP contribution in [-0.2, 0) is 6.42 Å². The summed E-state index contributed by atoms with van der Waals surface area (Å²) in [6, 6.07) is 8.01. The Kier molecular flexibility index (Phi) is 3.30. The number of hydrogen-bond acceptors (Lipinski definition) is 1. The predicted octanol–water partition coefficient (Wildman–Crippen LogP) is 2.44. The Morgan fingerprint density at radius 1 is 1.27 bits per heavy atom. The summed E-state index contributed by atoms with van der Waals surface area (Å²) in [5.74, 6) is 1.69. The van der Waals surface area contributed by atoms with Gasteiger partial charge < -0.3 is 4.74 Å². The van der Waals surface area contributed by atoms with E-state index in [2.05, 4.69) is 0 Å². The van der Waals surface area contributed by atoms with Crippen molar-refractivity contribution in [3.63, 3.8) is 0 Å². The number of benzene rings is 1. The Labute approximate surface area is 72.8 Å². The first-order valence-electron chi connectivity index (χ1n) is 3.58. The summed E-state index contributed by atoms with van der Waals surface area (Å²) in [7, 11) is 1.67. The fraction of sp³-hybridized carbons (Fsp3) is 0.333. The molecule has 0 aliphatic carbocycles. The van der Waals surface area contributed by atoms with Gasteiger partial charge in [0.25, 0.3) is 0 Å². The second kappa shape index (κ2) is 4.29. The van der Waals surface area contributed by atoms with Crippen LogP contribution in [0, 0.1) is 0 Å². The first-order valence-corrected chi connectivity index (χ1v) is 4.15. The molecule has 0 N–H and O–H groups in total. The van der Waals surface area contributed by atoms with Gasteiger partial charge in [-0.3, -0.25) is 0 Å². The molecule has 11 heavy (non-hydrogen) atoms. The van der Waals surface area contributed by atoms with Crippen LogP contribution < -0.4 is 4.74 Å². The molecule has 0 atom stereocenters. The van der Waals surface area contributed by atoms with Gasteiger partial charge in [0.15, 0.2) is 0 Å². The van der Waals surface area contributed by atoms with Crippen molar-refractivity contribution in [2.24, 2.45) is 0 Å². The van der Waals surface area contributed by atoms with E-state index in [-0.39, 0.29) is 0 Å². The van der Waals surface area contributed by atoms with Crippen LogP contribution in [0.25, 0.3) is 0 Å². The van der Waals surface area contributed by atoms with Crippen LogP contribution in [0.15, 0.2) is 24.3 Å². The second-order valence-corrected chi connectivity index (χ2v) is 2.71. The van der Waals surface area contributed by atoms with E-state index in [0.717, 1.165) is 17.9 Å². The third kappa shape index (κ3) is 2.46. The Balaban J connectivity index is 2.66. The molecular weight excluding hydrogens is 156 g/mol. The monoisotopic (exact) mass is 167 g/mol. The van der Waals surface area contributed by atoms with Crippen LogP contribution in [0.2, 0.25) is 0 Å². The van der Waals surface area contributed by atoms with Crippen LogP contribution in [0.4, 0.5) is 0 Å². The molecule has 0 aliphatic rings. The fourth-order valence-corrected chi connectivity index (χ4v) is 1.15. The lowest BCUT2D eigenvalue weighted by atomic mass is 10.2. The molecule has 0 unspecified atom stereocenters. The van der Waals surface area contributed by atoms with Gasteiger partial charge in [0, 0.05) is 5.75 Å². The largest absolute Gasteiger partial charge is 0.497 e. The Hall–Kier alpha value is -0.630. The molecule has 0 aliphatic heterocycles. The van der Waals surface area contributed by atoms with E-state index < -0.39 is 0 Å². The molecule has 0 bridgehead atoms. The molecule has 0 spiro atoms. The molecule has 0 saturated heterocycles. The minimum absolute atomic E-state index is 0.784. The van der Waals surface area contributed by atoms with Gasteiger partial charge in [-0.15, -0.1) is 0 Å². The molecule has 2 heteroatoms. The van der Waals surface area contributed by atoms with Crippen LogP contribution in [-0.4, -0.2) is 12.9 Å². The highest BCUT2D eigenvalue weighted by atomic mass is 32.1. The maximum Gasteiger partial charge on any atom is 0.118 e. The van der Waals surface area contributed by atoms with Crippen molar-refractivity contribution in [3.8, 4) is 5.75 Å². The number of rotatable bonds is 3. The summed E-state index contributed by atoms with van der Waals surface area (Å²) in [6.45, 7) is 0.